The summed E-state index contributed by atoms with van der Waals surface area (Å²) in [5, 5.41) is 4.45. The molecule has 1 aliphatic carbocycles. The summed E-state index contributed by atoms with van der Waals surface area (Å²) in [6.45, 7) is 3.75. The first-order valence-electron chi connectivity index (χ1n) is 10.4. The number of hydrogen-bond donors (Lipinski definition) is 1. The normalized spacial score (nSPS) is 20.6. The molecule has 1 saturated carbocycles. The molecule has 2 N–H and O–H groups in total. The fourth-order valence-corrected chi connectivity index (χ4v) is 4.03. The number of oxime groups is 1. The third-order valence-electron chi connectivity index (χ3n) is 5.88. The molecule has 2 aliphatic rings. The van der Waals surface area contributed by atoms with E-state index in [0.29, 0.717) is 5.92 Å². The van der Waals surface area contributed by atoms with Gasteiger partial charge in [0.05, 0.1) is 11.4 Å². The minimum Gasteiger partial charge on any atom is -0.396 e. The van der Waals surface area contributed by atoms with Crippen LogP contribution in [0.15, 0.2) is 35.7 Å². The zero-order valence-electron chi connectivity index (χ0n) is 16.9. The van der Waals surface area contributed by atoms with Gasteiger partial charge in [0.2, 0.25) is 5.95 Å². The second-order valence-electron chi connectivity index (χ2n) is 8.06. The first-order chi connectivity index (χ1) is 14.1. The van der Waals surface area contributed by atoms with Crippen molar-refractivity contribution < 1.29 is 9.23 Å². The Morgan fingerprint density at radius 1 is 1.10 bits per heavy atom. The molecule has 1 aromatic heterocycles. The maximum atomic E-state index is 13.7. The summed E-state index contributed by atoms with van der Waals surface area (Å²) < 4.78 is 13.7. The Morgan fingerprint density at radius 2 is 1.79 bits per heavy atom. The number of piperidine rings is 1. The minimum absolute atomic E-state index is 0.146. The van der Waals surface area contributed by atoms with E-state index in [1.54, 1.807) is 12.1 Å². The highest BCUT2D eigenvalue weighted by molar-refractivity contribution is 5.84. The fourth-order valence-electron chi connectivity index (χ4n) is 4.03. The van der Waals surface area contributed by atoms with Gasteiger partial charge in [-0.15, -0.1) is 0 Å². The third kappa shape index (κ3) is 4.83. The first-order valence-corrected chi connectivity index (χ1v) is 10.4. The van der Waals surface area contributed by atoms with Crippen LogP contribution >= 0.6 is 0 Å². The Bertz CT molecular complexity index is 852. The Balaban J connectivity index is 1.23. The molecule has 154 valence electrons. The molecular formula is C22H28FN5O. The van der Waals surface area contributed by atoms with Gasteiger partial charge in [0, 0.05) is 38.3 Å². The summed E-state index contributed by atoms with van der Waals surface area (Å²) in [4.78, 5) is 16.9. The second kappa shape index (κ2) is 8.76. The van der Waals surface area contributed by atoms with Gasteiger partial charge >= 0.3 is 0 Å². The lowest BCUT2D eigenvalue weighted by molar-refractivity contribution is 0.0406. The van der Waals surface area contributed by atoms with Crippen LogP contribution in [0.1, 0.15) is 55.6 Å². The molecule has 2 fully saturated rings. The molecule has 4 rings (SSSR count). The van der Waals surface area contributed by atoms with Crippen LogP contribution in [0, 0.1) is 12.7 Å². The van der Waals surface area contributed by atoms with Crippen molar-refractivity contribution in [1.82, 2.24) is 9.97 Å². The van der Waals surface area contributed by atoms with Gasteiger partial charge in [0.25, 0.3) is 0 Å². The molecule has 1 aromatic carbocycles. The Morgan fingerprint density at radius 3 is 2.45 bits per heavy atom. The van der Waals surface area contributed by atoms with Crippen LogP contribution in [0.2, 0.25) is 0 Å². The van der Waals surface area contributed by atoms with Crippen LogP contribution in [0.3, 0.4) is 0 Å². The highest BCUT2D eigenvalue weighted by Gasteiger charge is 2.24. The number of aryl methyl sites for hydroxylation is 1. The van der Waals surface area contributed by atoms with Crippen LogP contribution in [0.4, 0.5) is 16.0 Å². The fraction of sp³-hybridized carbons (Fsp3) is 0.500. The minimum atomic E-state index is -0.326. The van der Waals surface area contributed by atoms with Crippen molar-refractivity contribution in [3.05, 3.63) is 47.5 Å². The predicted octanol–water partition coefficient (Wildman–Crippen LogP) is 4.21. The quantitative estimate of drug-likeness (QED) is 0.618. The number of benzene rings is 1. The van der Waals surface area contributed by atoms with E-state index in [9.17, 15) is 4.39 Å². The molecule has 29 heavy (non-hydrogen) atoms. The number of anilines is 2. The molecule has 2 heterocycles. The average molecular weight is 397 g/mol. The van der Waals surface area contributed by atoms with Gasteiger partial charge in [0.1, 0.15) is 11.9 Å². The Hall–Kier alpha value is -2.70. The molecule has 0 spiro atoms. The van der Waals surface area contributed by atoms with Crippen LogP contribution in [0.5, 0.6) is 0 Å². The van der Waals surface area contributed by atoms with E-state index >= 15 is 0 Å². The molecule has 0 bridgehead atoms. The predicted molar refractivity (Wildman–Crippen MR) is 113 cm³/mol. The van der Waals surface area contributed by atoms with Crippen molar-refractivity contribution in [3.63, 3.8) is 0 Å². The maximum Gasteiger partial charge on any atom is 0.225 e. The van der Waals surface area contributed by atoms with Gasteiger partial charge in [-0.1, -0.05) is 11.2 Å². The molecule has 1 aliphatic heterocycles. The topological polar surface area (TPSA) is 76.6 Å². The van der Waals surface area contributed by atoms with Gasteiger partial charge in [-0.2, -0.15) is 0 Å². The van der Waals surface area contributed by atoms with Gasteiger partial charge < -0.3 is 15.5 Å². The van der Waals surface area contributed by atoms with E-state index in [0.717, 1.165) is 74.4 Å². The molecule has 0 atom stereocenters. The average Bonchev–Trinajstić information content (AvgIpc) is 2.76. The number of hydrogen-bond acceptors (Lipinski definition) is 6. The molecular weight excluding hydrogens is 369 g/mol. The van der Waals surface area contributed by atoms with Gasteiger partial charge in [-0.05, 0) is 61.8 Å². The van der Waals surface area contributed by atoms with Crippen LogP contribution in [0.25, 0.3) is 0 Å². The highest BCUT2D eigenvalue weighted by atomic mass is 19.1. The van der Waals surface area contributed by atoms with Crippen LogP contribution in [-0.2, 0) is 4.84 Å². The van der Waals surface area contributed by atoms with Crippen molar-refractivity contribution >= 4 is 17.3 Å². The van der Waals surface area contributed by atoms with Crippen molar-refractivity contribution in [2.45, 2.75) is 57.5 Å². The zero-order valence-corrected chi connectivity index (χ0v) is 16.9. The molecule has 6 nitrogen and oxygen atoms in total. The van der Waals surface area contributed by atoms with Crippen molar-refractivity contribution in [3.8, 4) is 0 Å². The highest BCUT2D eigenvalue weighted by Crippen LogP contribution is 2.33. The number of nitrogens with zero attached hydrogens (tertiary/aromatic N) is 4. The van der Waals surface area contributed by atoms with Gasteiger partial charge in [-0.3, -0.25) is 0 Å². The summed E-state index contributed by atoms with van der Waals surface area (Å²) in [6, 6.07) is 5.17. The molecule has 7 heteroatoms. The van der Waals surface area contributed by atoms with Gasteiger partial charge in [-0.25, -0.2) is 14.4 Å². The van der Waals surface area contributed by atoms with E-state index < -0.39 is 0 Å². The van der Waals surface area contributed by atoms with Crippen molar-refractivity contribution in [2.24, 2.45) is 5.16 Å². The first kappa shape index (κ1) is 19.6. The maximum absolute atomic E-state index is 13.7. The summed E-state index contributed by atoms with van der Waals surface area (Å²) in [5.41, 5.74) is 9.00. The molecule has 2 aromatic rings. The van der Waals surface area contributed by atoms with Crippen LogP contribution < -0.4 is 10.6 Å². The van der Waals surface area contributed by atoms with E-state index in [4.69, 9.17) is 10.6 Å². The van der Waals surface area contributed by atoms with Gasteiger partial charge in [0.15, 0.2) is 0 Å². The smallest absolute Gasteiger partial charge is 0.225 e. The lowest BCUT2D eigenvalue weighted by Gasteiger charge is -2.31. The Labute approximate surface area is 171 Å². The van der Waals surface area contributed by atoms with E-state index in [1.807, 2.05) is 25.4 Å². The Kier molecular flexibility index (Phi) is 5.92. The number of nitrogen functional groups attached to an aromatic ring is 1. The molecule has 0 radical (unpaired) electrons. The van der Waals surface area contributed by atoms with E-state index in [2.05, 4.69) is 20.0 Å². The largest absolute Gasteiger partial charge is 0.396 e. The zero-order chi connectivity index (χ0) is 20.2. The second-order valence-corrected chi connectivity index (χ2v) is 8.06. The van der Waals surface area contributed by atoms with E-state index in [1.165, 1.54) is 0 Å². The van der Waals surface area contributed by atoms with Crippen molar-refractivity contribution in [1.29, 1.82) is 0 Å². The number of nitrogens with two attached hydrogens (primary N) is 1. The standard InChI is InChI=1S/C22H28FN5O/c1-15-13-25-22(26-14-15)28-10-8-19(9-11-28)29-27-18-5-2-16(3-6-18)17-4-7-21(24)20(23)12-17/h4,7,12-14,16,19H,2-3,5-6,8-11,24H2,1H3. The van der Waals surface area contributed by atoms with Crippen LogP contribution in [-0.4, -0.2) is 34.9 Å². The number of rotatable bonds is 4. The third-order valence-corrected chi connectivity index (χ3v) is 5.88. The summed E-state index contributed by atoms with van der Waals surface area (Å²) in [5.74, 6) is 0.826. The lowest BCUT2D eigenvalue weighted by Crippen LogP contribution is -2.37. The van der Waals surface area contributed by atoms with Crippen molar-refractivity contribution in [2.75, 3.05) is 23.7 Å². The summed E-state index contributed by atoms with van der Waals surface area (Å²) in [7, 11) is 0. The molecule has 0 amide bonds. The van der Waals surface area contributed by atoms with E-state index in [-0.39, 0.29) is 17.6 Å². The summed E-state index contributed by atoms with van der Waals surface area (Å²) in [6.07, 6.45) is 9.41. The number of aromatic nitrogens is 2. The molecule has 0 unspecified atom stereocenters. The SMILES string of the molecule is Cc1cnc(N2CCC(ON=C3CCC(c4ccc(N)c(F)c4)CC3)CC2)nc1. The lowest BCUT2D eigenvalue weighted by atomic mass is 9.83. The number of halogens is 1. The molecule has 1 saturated heterocycles. The summed E-state index contributed by atoms with van der Waals surface area (Å²) >= 11 is 0. The monoisotopic (exact) mass is 397 g/mol.